The molecule has 0 amide bonds. The number of benzene rings is 1. The van der Waals surface area contributed by atoms with Crippen molar-refractivity contribution in [2.24, 2.45) is 0 Å². The summed E-state index contributed by atoms with van der Waals surface area (Å²) in [5.74, 6) is 0.244. The van der Waals surface area contributed by atoms with Gasteiger partial charge in [-0.05, 0) is 25.0 Å². The third kappa shape index (κ3) is 3.12. The maximum absolute atomic E-state index is 10.8. The van der Waals surface area contributed by atoms with Gasteiger partial charge in [-0.3, -0.25) is 4.79 Å². The van der Waals surface area contributed by atoms with Crippen LogP contribution in [0.3, 0.4) is 0 Å². The average Bonchev–Trinajstić information content (AvgIpc) is 3.04. The molecule has 1 aromatic rings. The average molecular weight is 301 g/mol. The number of halogens is 1. The van der Waals surface area contributed by atoms with Crippen molar-refractivity contribution in [3.63, 3.8) is 0 Å². The van der Waals surface area contributed by atoms with Crippen LogP contribution in [0.5, 0.6) is 11.5 Å². The number of carbonyl (C=O) groups is 1. The molecule has 1 saturated carbocycles. The molecule has 1 aliphatic rings. The van der Waals surface area contributed by atoms with Crippen LogP contribution in [-0.2, 0) is 11.2 Å². The predicted molar refractivity (Wildman–Crippen MR) is 65.7 cm³/mol. The largest absolute Gasteiger partial charge is 0.493 e. The van der Waals surface area contributed by atoms with Gasteiger partial charge in [0.25, 0.3) is 0 Å². The van der Waals surface area contributed by atoms with Crippen LogP contribution >= 0.6 is 15.9 Å². The standard InChI is InChI=1S/C12H13BrO4/c1-16-10-6-8(13)4-7(5-11(14)15)12(10)17-9-2-3-9/h4,6,9H,2-3,5H2,1H3,(H,14,15). The van der Waals surface area contributed by atoms with E-state index in [1.165, 1.54) is 0 Å². The van der Waals surface area contributed by atoms with Crippen molar-refractivity contribution in [2.45, 2.75) is 25.4 Å². The first kappa shape index (κ1) is 12.2. The fourth-order valence-electron chi connectivity index (χ4n) is 1.55. The van der Waals surface area contributed by atoms with Crippen LogP contribution in [0.25, 0.3) is 0 Å². The van der Waals surface area contributed by atoms with Gasteiger partial charge in [0.1, 0.15) is 0 Å². The minimum Gasteiger partial charge on any atom is -0.493 e. The summed E-state index contributed by atoms with van der Waals surface area (Å²) in [6.07, 6.45) is 2.17. The number of hydrogen-bond acceptors (Lipinski definition) is 3. The van der Waals surface area contributed by atoms with Gasteiger partial charge in [-0.2, -0.15) is 0 Å². The molecule has 0 atom stereocenters. The van der Waals surface area contributed by atoms with Crippen molar-refractivity contribution in [2.75, 3.05) is 7.11 Å². The van der Waals surface area contributed by atoms with E-state index in [4.69, 9.17) is 14.6 Å². The highest BCUT2D eigenvalue weighted by molar-refractivity contribution is 9.10. The Kier molecular flexibility index (Phi) is 3.57. The van der Waals surface area contributed by atoms with Crippen molar-refractivity contribution in [3.05, 3.63) is 22.2 Å². The summed E-state index contributed by atoms with van der Waals surface area (Å²) in [6.45, 7) is 0. The molecule has 17 heavy (non-hydrogen) atoms. The van der Waals surface area contributed by atoms with Crippen molar-refractivity contribution in [1.82, 2.24) is 0 Å². The Bertz CT molecular complexity index is 440. The van der Waals surface area contributed by atoms with E-state index in [0.29, 0.717) is 17.1 Å². The first-order valence-corrected chi connectivity index (χ1v) is 6.14. The predicted octanol–water partition coefficient (Wildman–Crippen LogP) is 2.63. The smallest absolute Gasteiger partial charge is 0.307 e. The van der Waals surface area contributed by atoms with E-state index in [1.54, 1.807) is 19.2 Å². The molecule has 0 unspecified atom stereocenters. The Morgan fingerprint density at radius 1 is 1.53 bits per heavy atom. The van der Waals surface area contributed by atoms with Gasteiger partial charge in [-0.15, -0.1) is 0 Å². The molecule has 5 heteroatoms. The zero-order valence-electron chi connectivity index (χ0n) is 9.40. The van der Waals surface area contributed by atoms with Crippen LogP contribution in [0, 0.1) is 0 Å². The van der Waals surface area contributed by atoms with Crippen molar-refractivity contribution in [3.8, 4) is 11.5 Å². The van der Waals surface area contributed by atoms with Crippen molar-refractivity contribution < 1.29 is 19.4 Å². The van der Waals surface area contributed by atoms with Gasteiger partial charge in [0.15, 0.2) is 11.5 Å². The minimum atomic E-state index is -0.884. The van der Waals surface area contributed by atoms with E-state index in [2.05, 4.69) is 15.9 Å². The quantitative estimate of drug-likeness (QED) is 0.908. The summed E-state index contributed by atoms with van der Waals surface area (Å²) in [7, 11) is 1.55. The SMILES string of the molecule is COc1cc(Br)cc(CC(=O)O)c1OC1CC1. The molecule has 0 aromatic heterocycles. The second-order valence-electron chi connectivity index (χ2n) is 3.98. The molecule has 0 heterocycles. The van der Waals surface area contributed by atoms with Gasteiger partial charge in [0.2, 0.25) is 0 Å². The third-order valence-corrected chi connectivity index (χ3v) is 2.92. The Morgan fingerprint density at radius 3 is 2.76 bits per heavy atom. The molecule has 1 N–H and O–H groups in total. The molecule has 1 aliphatic carbocycles. The number of carboxylic acid groups (broad SMARTS) is 1. The van der Waals surface area contributed by atoms with Gasteiger partial charge >= 0.3 is 5.97 Å². The first-order valence-electron chi connectivity index (χ1n) is 5.35. The second kappa shape index (κ2) is 4.96. The van der Waals surface area contributed by atoms with E-state index >= 15 is 0 Å². The number of carboxylic acids is 1. The Balaban J connectivity index is 2.36. The van der Waals surface area contributed by atoms with E-state index < -0.39 is 5.97 Å². The molecular weight excluding hydrogens is 288 g/mol. The van der Waals surface area contributed by atoms with Crippen LogP contribution in [0.4, 0.5) is 0 Å². The monoisotopic (exact) mass is 300 g/mol. The van der Waals surface area contributed by atoms with Crippen molar-refractivity contribution in [1.29, 1.82) is 0 Å². The molecule has 0 aliphatic heterocycles. The second-order valence-corrected chi connectivity index (χ2v) is 4.90. The molecular formula is C12H13BrO4. The lowest BCUT2D eigenvalue weighted by Gasteiger charge is -2.14. The van der Waals surface area contributed by atoms with Crippen LogP contribution in [0.2, 0.25) is 0 Å². The van der Waals surface area contributed by atoms with Crippen LogP contribution in [0.15, 0.2) is 16.6 Å². The van der Waals surface area contributed by atoms with Crippen LogP contribution < -0.4 is 9.47 Å². The van der Waals surface area contributed by atoms with Gasteiger partial charge in [-0.25, -0.2) is 0 Å². The first-order chi connectivity index (χ1) is 8.10. The molecule has 0 bridgehead atoms. The summed E-state index contributed by atoms with van der Waals surface area (Å²) in [6, 6.07) is 3.54. The lowest BCUT2D eigenvalue weighted by molar-refractivity contribution is -0.136. The fraction of sp³-hybridized carbons (Fsp3) is 0.417. The maximum atomic E-state index is 10.8. The molecule has 0 saturated heterocycles. The Morgan fingerprint density at radius 2 is 2.24 bits per heavy atom. The lowest BCUT2D eigenvalue weighted by Crippen LogP contribution is -2.06. The van der Waals surface area contributed by atoms with E-state index in [1.807, 2.05) is 0 Å². The van der Waals surface area contributed by atoms with Gasteiger partial charge in [-0.1, -0.05) is 15.9 Å². The molecule has 1 aromatic carbocycles. The van der Waals surface area contributed by atoms with Gasteiger partial charge < -0.3 is 14.6 Å². The third-order valence-electron chi connectivity index (χ3n) is 2.47. The van der Waals surface area contributed by atoms with E-state index in [9.17, 15) is 4.79 Å². The Labute approximate surface area is 108 Å². The topological polar surface area (TPSA) is 55.8 Å². The molecule has 2 rings (SSSR count). The number of methoxy groups -OCH3 is 1. The van der Waals surface area contributed by atoms with Crippen LogP contribution in [0.1, 0.15) is 18.4 Å². The number of rotatable bonds is 5. The zero-order chi connectivity index (χ0) is 12.4. The van der Waals surface area contributed by atoms with Gasteiger partial charge in [0.05, 0.1) is 19.6 Å². The molecule has 0 spiro atoms. The highest BCUT2D eigenvalue weighted by Gasteiger charge is 2.27. The molecule has 4 nitrogen and oxygen atoms in total. The maximum Gasteiger partial charge on any atom is 0.307 e. The summed E-state index contributed by atoms with van der Waals surface area (Å²) in [5, 5.41) is 8.88. The highest BCUT2D eigenvalue weighted by Crippen LogP contribution is 2.39. The normalized spacial score (nSPS) is 14.5. The summed E-state index contributed by atoms with van der Waals surface area (Å²) in [5.41, 5.74) is 0.635. The Hall–Kier alpha value is -1.23. The summed E-state index contributed by atoms with van der Waals surface area (Å²) < 4.78 is 11.7. The number of ether oxygens (including phenoxy) is 2. The lowest BCUT2D eigenvalue weighted by atomic mass is 10.1. The molecule has 0 radical (unpaired) electrons. The van der Waals surface area contributed by atoms with E-state index in [-0.39, 0.29) is 12.5 Å². The molecule has 1 fully saturated rings. The number of aliphatic carboxylic acids is 1. The zero-order valence-corrected chi connectivity index (χ0v) is 11.0. The fourth-order valence-corrected chi connectivity index (χ4v) is 2.04. The van der Waals surface area contributed by atoms with Crippen LogP contribution in [-0.4, -0.2) is 24.3 Å². The van der Waals surface area contributed by atoms with Crippen molar-refractivity contribution >= 4 is 21.9 Å². The molecule has 92 valence electrons. The highest BCUT2D eigenvalue weighted by atomic mass is 79.9. The summed E-state index contributed by atoms with van der Waals surface area (Å²) in [4.78, 5) is 10.8. The van der Waals surface area contributed by atoms with Gasteiger partial charge in [0, 0.05) is 10.0 Å². The number of hydrogen-bond donors (Lipinski definition) is 1. The summed E-state index contributed by atoms with van der Waals surface area (Å²) >= 11 is 3.33. The minimum absolute atomic E-state index is 0.0716. The van der Waals surface area contributed by atoms with E-state index in [0.717, 1.165) is 17.3 Å².